The number of carbonyl (C=O) groups excluding carboxylic acids is 1. The number of rotatable bonds is 9. The molecule has 7 heteroatoms. The molecule has 2 aromatic rings. The third kappa shape index (κ3) is 6.99. The number of hydrogen-bond donors (Lipinski definition) is 3. The van der Waals surface area contributed by atoms with Crippen LogP contribution in [0.4, 0.5) is 5.69 Å². The van der Waals surface area contributed by atoms with E-state index in [2.05, 4.69) is 44.0 Å². The highest BCUT2D eigenvalue weighted by atomic mass is 16.5. The molecule has 0 bridgehead atoms. The summed E-state index contributed by atoms with van der Waals surface area (Å²) in [6, 6.07) is 16.6. The smallest absolute Gasteiger partial charge is 0.221 e. The lowest BCUT2D eigenvalue weighted by Gasteiger charge is -2.29. The molecule has 2 aromatic carbocycles. The normalized spacial score (nSPS) is 15.3. The molecule has 1 atom stereocenters. The van der Waals surface area contributed by atoms with E-state index in [1.54, 1.807) is 14.2 Å². The van der Waals surface area contributed by atoms with E-state index in [4.69, 9.17) is 4.74 Å². The van der Waals surface area contributed by atoms with Crippen LogP contribution in [0.2, 0.25) is 0 Å². The maximum Gasteiger partial charge on any atom is 0.221 e. The molecule has 32 heavy (non-hydrogen) atoms. The summed E-state index contributed by atoms with van der Waals surface area (Å²) in [4.78, 5) is 18.1. The Labute approximate surface area is 191 Å². The monoisotopic (exact) mass is 437 g/mol. The Morgan fingerprint density at radius 1 is 1.12 bits per heavy atom. The van der Waals surface area contributed by atoms with Crippen molar-refractivity contribution in [2.75, 3.05) is 45.7 Å². The highest BCUT2D eigenvalue weighted by Gasteiger charge is 2.24. The van der Waals surface area contributed by atoms with Gasteiger partial charge in [0.2, 0.25) is 5.91 Å². The van der Waals surface area contributed by atoms with E-state index in [1.165, 1.54) is 30.9 Å². The standard InChI is InChI=1S/C25H35N5O2/c1-19(31)29-22-11-9-20(10-12-22)13-14-27-25(26-2)28-18-24(30-15-4-5-16-30)21-7-6-8-23(17-21)32-3/h6-12,17,24H,4-5,13-16,18H2,1-3H3,(H,29,31)(H2,26,27,28). The molecule has 1 aliphatic rings. The van der Waals surface area contributed by atoms with Crippen molar-refractivity contribution in [2.45, 2.75) is 32.2 Å². The van der Waals surface area contributed by atoms with Crippen molar-refractivity contribution in [2.24, 2.45) is 4.99 Å². The second-order valence-corrected chi connectivity index (χ2v) is 8.04. The summed E-state index contributed by atoms with van der Waals surface area (Å²) in [7, 11) is 3.51. The number of nitrogens with one attached hydrogen (secondary N) is 3. The van der Waals surface area contributed by atoms with E-state index in [9.17, 15) is 4.79 Å². The number of likely N-dealkylation sites (tertiary alicyclic amines) is 1. The molecule has 3 rings (SSSR count). The van der Waals surface area contributed by atoms with Gasteiger partial charge in [0.1, 0.15) is 5.75 Å². The molecule has 0 saturated carbocycles. The van der Waals surface area contributed by atoms with Gasteiger partial charge in [-0.3, -0.25) is 14.7 Å². The largest absolute Gasteiger partial charge is 0.497 e. The average molecular weight is 438 g/mol. The number of ether oxygens (including phenoxy) is 1. The number of hydrogen-bond acceptors (Lipinski definition) is 4. The van der Waals surface area contributed by atoms with Crippen LogP contribution in [0.1, 0.15) is 36.9 Å². The van der Waals surface area contributed by atoms with Crippen LogP contribution in [-0.2, 0) is 11.2 Å². The highest BCUT2D eigenvalue weighted by Crippen LogP contribution is 2.27. The van der Waals surface area contributed by atoms with Gasteiger partial charge in [-0.25, -0.2) is 0 Å². The molecule has 1 fully saturated rings. The first kappa shape index (κ1) is 23.6. The lowest BCUT2D eigenvalue weighted by molar-refractivity contribution is -0.114. The number of guanidine groups is 1. The second kappa shape index (κ2) is 12.1. The van der Waals surface area contributed by atoms with E-state index in [0.29, 0.717) is 0 Å². The molecule has 1 unspecified atom stereocenters. The summed E-state index contributed by atoms with van der Waals surface area (Å²) in [6.07, 6.45) is 3.36. The van der Waals surface area contributed by atoms with Gasteiger partial charge < -0.3 is 20.7 Å². The third-order valence-corrected chi connectivity index (χ3v) is 5.73. The predicted octanol–water partition coefficient (Wildman–Crippen LogP) is 3.20. The summed E-state index contributed by atoms with van der Waals surface area (Å²) in [5, 5.41) is 9.71. The van der Waals surface area contributed by atoms with Gasteiger partial charge in [-0.2, -0.15) is 0 Å². The van der Waals surface area contributed by atoms with Gasteiger partial charge in [0.15, 0.2) is 5.96 Å². The quantitative estimate of drug-likeness (QED) is 0.415. The molecule has 1 heterocycles. The van der Waals surface area contributed by atoms with Crippen LogP contribution < -0.4 is 20.7 Å². The highest BCUT2D eigenvalue weighted by molar-refractivity contribution is 5.88. The summed E-state index contributed by atoms with van der Waals surface area (Å²) in [5.74, 6) is 1.63. The number of methoxy groups -OCH3 is 1. The Kier molecular flexibility index (Phi) is 8.92. The van der Waals surface area contributed by atoms with E-state index >= 15 is 0 Å². The molecule has 0 aromatic heterocycles. The second-order valence-electron chi connectivity index (χ2n) is 8.04. The fourth-order valence-corrected chi connectivity index (χ4v) is 4.06. The summed E-state index contributed by atoms with van der Waals surface area (Å²) < 4.78 is 5.44. The number of anilines is 1. The zero-order chi connectivity index (χ0) is 22.8. The van der Waals surface area contributed by atoms with Crippen LogP contribution in [0.15, 0.2) is 53.5 Å². The molecule has 1 amide bonds. The van der Waals surface area contributed by atoms with E-state index < -0.39 is 0 Å². The number of carbonyl (C=O) groups is 1. The zero-order valence-corrected chi connectivity index (χ0v) is 19.4. The SMILES string of the molecule is CN=C(NCCc1ccc(NC(C)=O)cc1)NCC(c1cccc(OC)c1)N1CCCC1. The Bertz CT molecular complexity index is 891. The summed E-state index contributed by atoms with van der Waals surface area (Å²) >= 11 is 0. The van der Waals surface area contributed by atoms with Gasteiger partial charge in [0.25, 0.3) is 0 Å². The van der Waals surface area contributed by atoms with Gasteiger partial charge in [0, 0.05) is 32.7 Å². The van der Waals surface area contributed by atoms with Gasteiger partial charge in [0.05, 0.1) is 13.2 Å². The van der Waals surface area contributed by atoms with Crippen molar-refractivity contribution < 1.29 is 9.53 Å². The number of benzene rings is 2. The molecule has 0 aliphatic carbocycles. The molecule has 0 radical (unpaired) electrons. The van der Waals surface area contributed by atoms with Crippen LogP contribution in [0.3, 0.4) is 0 Å². The van der Waals surface area contributed by atoms with Crippen LogP contribution in [0.5, 0.6) is 5.75 Å². The zero-order valence-electron chi connectivity index (χ0n) is 19.4. The minimum atomic E-state index is -0.0597. The van der Waals surface area contributed by atoms with Crippen molar-refractivity contribution in [1.82, 2.24) is 15.5 Å². The fraction of sp³-hybridized carbons (Fsp3) is 0.440. The van der Waals surface area contributed by atoms with Crippen molar-refractivity contribution in [3.8, 4) is 5.75 Å². The van der Waals surface area contributed by atoms with Crippen LogP contribution in [-0.4, -0.2) is 57.1 Å². The van der Waals surface area contributed by atoms with Gasteiger partial charge in [-0.15, -0.1) is 0 Å². The Hall–Kier alpha value is -3.06. The first-order chi connectivity index (χ1) is 15.6. The van der Waals surface area contributed by atoms with Crippen molar-refractivity contribution in [3.63, 3.8) is 0 Å². The molecule has 3 N–H and O–H groups in total. The van der Waals surface area contributed by atoms with E-state index in [1.807, 2.05) is 30.3 Å². The summed E-state index contributed by atoms with van der Waals surface area (Å²) in [6.45, 7) is 5.29. The topological polar surface area (TPSA) is 78.0 Å². The lowest BCUT2D eigenvalue weighted by atomic mass is 10.1. The number of amides is 1. The fourth-order valence-electron chi connectivity index (χ4n) is 4.06. The van der Waals surface area contributed by atoms with Gasteiger partial charge in [-0.1, -0.05) is 24.3 Å². The van der Waals surface area contributed by atoms with Crippen molar-refractivity contribution >= 4 is 17.6 Å². The van der Waals surface area contributed by atoms with E-state index in [-0.39, 0.29) is 11.9 Å². The first-order valence-electron chi connectivity index (χ1n) is 11.3. The molecular formula is C25H35N5O2. The summed E-state index contributed by atoms with van der Waals surface area (Å²) in [5.41, 5.74) is 3.28. The van der Waals surface area contributed by atoms with Gasteiger partial charge >= 0.3 is 0 Å². The number of nitrogens with zero attached hydrogens (tertiary/aromatic N) is 2. The van der Waals surface area contributed by atoms with Gasteiger partial charge in [-0.05, 0) is 67.7 Å². The minimum Gasteiger partial charge on any atom is -0.497 e. The Morgan fingerprint density at radius 2 is 1.88 bits per heavy atom. The molecule has 0 spiro atoms. The Balaban J connectivity index is 1.53. The predicted molar refractivity (Wildman–Crippen MR) is 130 cm³/mol. The average Bonchev–Trinajstić information content (AvgIpc) is 3.33. The lowest BCUT2D eigenvalue weighted by Crippen LogP contribution is -2.43. The minimum absolute atomic E-state index is 0.0597. The molecule has 172 valence electrons. The van der Waals surface area contributed by atoms with E-state index in [0.717, 1.165) is 50.0 Å². The number of aliphatic imine (C=N–C) groups is 1. The maximum atomic E-state index is 11.1. The molecule has 1 saturated heterocycles. The van der Waals surface area contributed by atoms with Crippen LogP contribution >= 0.6 is 0 Å². The molecule has 7 nitrogen and oxygen atoms in total. The van der Waals surface area contributed by atoms with Crippen molar-refractivity contribution in [1.29, 1.82) is 0 Å². The van der Waals surface area contributed by atoms with Crippen LogP contribution in [0, 0.1) is 0 Å². The third-order valence-electron chi connectivity index (χ3n) is 5.73. The molecular weight excluding hydrogens is 402 g/mol. The Morgan fingerprint density at radius 3 is 2.53 bits per heavy atom. The maximum absolute atomic E-state index is 11.1. The molecule has 1 aliphatic heterocycles. The van der Waals surface area contributed by atoms with Crippen molar-refractivity contribution in [3.05, 3.63) is 59.7 Å². The van der Waals surface area contributed by atoms with Crippen LogP contribution in [0.25, 0.3) is 0 Å². The first-order valence-corrected chi connectivity index (χ1v) is 11.3.